The highest BCUT2D eigenvalue weighted by atomic mass is 15.0. The summed E-state index contributed by atoms with van der Waals surface area (Å²) < 4.78 is 0. The highest BCUT2D eigenvalue weighted by molar-refractivity contribution is 5.33. The van der Waals surface area contributed by atoms with Crippen LogP contribution in [0.3, 0.4) is 0 Å². The molecule has 1 aliphatic heterocycles. The van der Waals surface area contributed by atoms with Gasteiger partial charge < -0.3 is 11.1 Å². The van der Waals surface area contributed by atoms with Crippen molar-refractivity contribution < 1.29 is 0 Å². The minimum atomic E-state index is 0.525. The maximum Gasteiger partial charge on any atom is 0.134 e. The molecule has 0 amide bonds. The summed E-state index contributed by atoms with van der Waals surface area (Å²) in [7, 11) is 0. The normalized spacial score (nSPS) is 25.6. The van der Waals surface area contributed by atoms with E-state index in [1.165, 1.54) is 25.7 Å². The van der Waals surface area contributed by atoms with E-state index in [0.717, 1.165) is 24.6 Å². The molecule has 1 saturated carbocycles. The fourth-order valence-electron chi connectivity index (χ4n) is 2.34. The van der Waals surface area contributed by atoms with Gasteiger partial charge in [0.1, 0.15) is 11.6 Å². The van der Waals surface area contributed by atoms with Gasteiger partial charge in [0.2, 0.25) is 0 Å². The van der Waals surface area contributed by atoms with Crippen molar-refractivity contribution in [2.45, 2.75) is 37.5 Å². The highest BCUT2D eigenvalue weighted by Gasteiger charge is 2.28. The number of aromatic nitrogens is 2. The Morgan fingerprint density at radius 1 is 1.19 bits per heavy atom. The van der Waals surface area contributed by atoms with Crippen molar-refractivity contribution in [3.63, 3.8) is 0 Å². The fraction of sp³-hybridized carbons (Fsp3) is 0.667. The number of hydrogen-bond acceptors (Lipinski definition) is 4. The van der Waals surface area contributed by atoms with Crippen LogP contribution in [0, 0.1) is 0 Å². The van der Waals surface area contributed by atoms with Crippen LogP contribution in [0.1, 0.15) is 49.0 Å². The molecular weight excluding hydrogens is 200 g/mol. The molecule has 4 nitrogen and oxygen atoms in total. The molecule has 3 N–H and O–H groups in total. The minimum absolute atomic E-state index is 0.525. The molecule has 0 spiro atoms. The average Bonchev–Trinajstić information content (AvgIpc) is 3.13. The lowest BCUT2D eigenvalue weighted by molar-refractivity contribution is 0.453. The Hall–Kier alpha value is -1.16. The van der Waals surface area contributed by atoms with Crippen LogP contribution in [0.15, 0.2) is 6.07 Å². The summed E-state index contributed by atoms with van der Waals surface area (Å²) in [6.45, 7) is 2.16. The second kappa shape index (κ2) is 4.01. The third-order valence-electron chi connectivity index (χ3n) is 3.44. The SMILES string of the molecule is Nc1cc(C2CCCNC2)nc(C2CC2)n1. The molecule has 3 rings (SSSR count). The minimum Gasteiger partial charge on any atom is -0.384 e. The summed E-state index contributed by atoms with van der Waals surface area (Å²) in [5.74, 6) is 2.72. The van der Waals surface area contributed by atoms with Gasteiger partial charge in [-0.1, -0.05) is 0 Å². The third kappa shape index (κ3) is 2.02. The van der Waals surface area contributed by atoms with Gasteiger partial charge in [-0.25, -0.2) is 9.97 Å². The molecule has 1 aromatic rings. The first kappa shape index (κ1) is 10.0. The summed E-state index contributed by atoms with van der Waals surface area (Å²) in [6, 6.07) is 1.95. The number of piperidine rings is 1. The summed E-state index contributed by atoms with van der Waals surface area (Å²) in [4.78, 5) is 9.03. The van der Waals surface area contributed by atoms with Crippen molar-refractivity contribution in [3.05, 3.63) is 17.6 Å². The van der Waals surface area contributed by atoms with Gasteiger partial charge in [-0.15, -0.1) is 0 Å². The number of nitrogens with zero attached hydrogens (tertiary/aromatic N) is 2. The Kier molecular flexibility index (Phi) is 2.52. The summed E-state index contributed by atoms with van der Waals surface area (Å²) >= 11 is 0. The van der Waals surface area contributed by atoms with E-state index in [9.17, 15) is 0 Å². The van der Waals surface area contributed by atoms with Gasteiger partial charge in [0.15, 0.2) is 0 Å². The monoisotopic (exact) mass is 218 g/mol. The molecule has 0 bridgehead atoms. The molecule has 0 aromatic carbocycles. The van der Waals surface area contributed by atoms with E-state index >= 15 is 0 Å². The standard InChI is InChI=1S/C12H18N4/c13-11-6-10(9-2-1-5-14-7-9)15-12(16-11)8-3-4-8/h6,8-9,14H,1-5,7H2,(H2,13,15,16). The molecular formula is C12H18N4. The first-order valence-corrected chi connectivity index (χ1v) is 6.18. The number of nitrogen functional groups attached to an aromatic ring is 1. The molecule has 2 heterocycles. The van der Waals surface area contributed by atoms with Crippen molar-refractivity contribution in [2.75, 3.05) is 18.8 Å². The summed E-state index contributed by atoms with van der Waals surface area (Å²) in [5, 5.41) is 3.42. The van der Waals surface area contributed by atoms with Crippen molar-refractivity contribution in [2.24, 2.45) is 0 Å². The van der Waals surface area contributed by atoms with Crippen LogP contribution in [0.5, 0.6) is 0 Å². The number of nitrogens with two attached hydrogens (primary N) is 1. The molecule has 86 valence electrons. The van der Waals surface area contributed by atoms with Gasteiger partial charge in [0, 0.05) is 24.4 Å². The van der Waals surface area contributed by atoms with Crippen molar-refractivity contribution in [1.29, 1.82) is 0 Å². The van der Waals surface area contributed by atoms with Crippen LogP contribution in [0.25, 0.3) is 0 Å². The molecule has 1 aromatic heterocycles. The zero-order valence-electron chi connectivity index (χ0n) is 9.45. The van der Waals surface area contributed by atoms with E-state index in [4.69, 9.17) is 5.73 Å². The van der Waals surface area contributed by atoms with Crippen LogP contribution < -0.4 is 11.1 Å². The van der Waals surface area contributed by atoms with E-state index in [0.29, 0.717) is 17.7 Å². The van der Waals surface area contributed by atoms with E-state index in [1.54, 1.807) is 0 Å². The lowest BCUT2D eigenvalue weighted by Crippen LogP contribution is -2.29. The molecule has 2 fully saturated rings. The van der Waals surface area contributed by atoms with Gasteiger partial charge in [-0.2, -0.15) is 0 Å². The number of hydrogen-bond donors (Lipinski definition) is 2. The van der Waals surface area contributed by atoms with E-state index in [-0.39, 0.29) is 0 Å². The largest absolute Gasteiger partial charge is 0.384 e. The predicted molar refractivity (Wildman–Crippen MR) is 63.3 cm³/mol. The van der Waals surface area contributed by atoms with Crippen molar-refractivity contribution >= 4 is 5.82 Å². The highest BCUT2D eigenvalue weighted by Crippen LogP contribution is 2.38. The number of anilines is 1. The molecule has 1 saturated heterocycles. The number of rotatable bonds is 2. The quantitative estimate of drug-likeness (QED) is 0.787. The topological polar surface area (TPSA) is 63.8 Å². The Balaban J connectivity index is 1.86. The molecule has 2 aliphatic rings. The Bertz CT molecular complexity index is 381. The molecule has 0 radical (unpaired) electrons. The molecule has 16 heavy (non-hydrogen) atoms. The van der Waals surface area contributed by atoms with Gasteiger partial charge in [-0.3, -0.25) is 0 Å². The van der Waals surface area contributed by atoms with Gasteiger partial charge in [-0.05, 0) is 32.2 Å². The second-order valence-corrected chi connectivity index (χ2v) is 4.89. The van der Waals surface area contributed by atoms with Crippen LogP contribution >= 0.6 is 0 Å². The van der Waals surface area contributed by atoms with Crippen molar-refractivity contribution in [3.8, 4) is 0 Å². The van der Waals surface area contributed by atoms with E-state index in [2.05, 4.69) is 15.3 Å². The zero-order chi connectivity index (χ0) is 11.0. The number of nitrogens with one attached hydrogen (secondary N) is 1. The second-order valence-electron chi connectivity index (χ2n) is 4.89. The molecule has 1 unspecified atom stereocenters. The van der Waals surface area contributed by atoms with Gasteiger partial charge >= 0.3 is 0 Å². The fourth-order valence-corrected chi connectivity index (χ4v) is 2.34. The maximum absolute atomic E-state index is 5.86. The van der Waals surface area contributed by atoms with E-state index in [1.807, 2.05) is 6.07 Å². The van der Waals surface area contributed by atoms with Gasteiger partial charge in [0.05, 0.1) is 5.69 Å². The van der Waals surface area contributed by atoms with Crippen LogP contribution in [0.4, 0.5) is 5.82 Å². The summed E-state index contributed by atoms with van der Waals surface area (Å²) in [5.41, 5.74) is 7.00. The van der Waals surface area contributed by atoms with E-state index < -0.39 is 0 Å². The Morgan fingerprint density at radius 2 is 2.06 bits per heavy atom. The zero-order valence-corrected chi connectivity index (χ0v) is 9.45. The van der Waals surface area contributed by atoms with Gasteiger partial charge in [0.25, 0.3) is 0 Å². The van der Waals surface area contributed by atoms with Crippen LogP contribution in [-0.4, -0.2) is 23.1 Å². The lowest BCUT2D eigenvalue weighted by Gasteiger charge is -2.22. The lowest BCUT2D eigenvalue weighted by atomic mass is 9.96. The first-order valence-electron chi connectivity index (χ1n) is 6.18. The Morgan fingerprint density at radius 3 is 2.75 bits per heavy atom. The summed E-state index contributed by atoms with van der Waals surface area (Å²) in [6.07, 6.45) is 4.90. The molecule has 4 heteroatoms. The third-order valence-corrected chi connectivity index (χ3v) is 3.44. The van der Waals surface area contributed by atoms with Crippen molar-refractivity contribution in [1.82, 2.24) is 15.3 Å². The maximum atomic E-state index is 5.86. The molecule has 1 atom stereocenters. The van der Waals surface area contributed by atoms with Crippen LogP contribution in [0.2, 0.25) is 0 Å². The first-order chi connectivity index (χ1) is 7.83. The molecule has 1 aliphatic carbocycles. The average molecular weight is 218 g/mol. The van der Waals surface area contributed by atoms with Crippen LogP contribution in [-0.2, 0) is 0 Å². The smallest absolute Gasteiger partial charge is 0.134 e. The predicted octanol–water partition coefficient (Wildman–Crippen LogP) is 1.40. The Labute approximate surface area is 95.7 Å².